The van der Waals surface area contributed by atoms with Crippen LogP contribution in [0, 0.1) is 5.92 Å². The molecule has 0 aromatic heterocycles. The maximum Gasteiger partial charge on any atom is 0.242 e. The molecule has 2 saturated heterocycles. The fourth-order valence-corrected chi connectivity index (χ4v) is 2.26. The summed E-state index contributed by atoms with van der Waals surface area (Å²) in [5, 5.41) is 8.91. The van der Waals surface area contributed by atoms with E-state index in [0.29, 0.717) is 18.8 Å². The second kappa shape index (κ2) is 5.30. The third kappa shape index (κ3) is 2.95. The Morgan fingerprint density at radius 2 is 2.06 bits per heavy atom. The van der Waals surface area contributed by atoms with Gasteiger partial charge in [0.15, 0.2) is 0 Å². The number of nitrogens with one attached hydrogen (secondary N) is 3. The van der Waals surface area contributed by atoms with Crippen LogP contribution in [0.15, 0.2) is 0 Å². The standard InChI is InChI=1S/C11H19N3O2/c15-10-2-1-9(14-10)11(16)13-7-8-3-5-12-6-4-8/h8-9,12H,1-7H2,(H,13,16)(H,14,15)/t9-/m0/s1. The van der Waals surface area contributed by atoms with E-state index in [9.17, 15) is 9.59 Å². The molecule has 2 amide bonds. The van der Waals surface area contributed by atoms with E-state index in [1.807, 2.05) is 0 Å². The van der Waals surface area contributed by atoms with Crippen LogP contribution in [0.25, 0.3) is 0 Å². The van der Waals surface area contributed by atoms with E-state index < -0.39 is 0 Å². The first-order valence-corrected chi connectivity index (χ1v) is 6.03. The van der Waals surface area contributed by atoms with Crippen molar-refractivity contribution in [3.05, 3.63) is 0 Å². The molecule has 0 bridgehead atoms. The predicted octanol–water partition coefficient (Wildman–Crippen LogP) is -0.619. The van der Waals surface area contributed by atoms with E-state index >= 15 is 0 Å². The summed E-state index contributed by atoms with van der Waals surface area (Å²) in [6.45, 7) is 2.83. The van der Waals surface area contributed by atoms with Crippen molar-refractivity contribution in [1.29, 1.82) is 0 Å². The summed E-state index contributed by atoms with van der Waals surface area (Å²) in [4.78, 5) is 22.7. The van der Waals surface area contributed by atoms with Crippen LogP contribution in [-0.4, -0.2) is 37.5 Å². The number of amides is 2. The first kappa shape index (κ1) is 11.4. The first-order chi connectivity index (χ1) is 7.75. The zero-order valence-corrected chi connectivity index (χ0v) is 9.42. The maximum atomic E-state index is 11.7. The molecule has 0 aromatic carbocycles. The summed E-state index contributed by atoms with van der Waals surface area (Å²) in [5.41, 5.74) is 0. The quantitative estimate of drug-likeness (QED) is 0.599. The second-order valence-electron chi connectivity index (χ2n) is 4.60. The van der Waals surface area contributed by atoms with Crippen molar-refractivity contribution in [2.45, 2.75) is 31.7 Å². The van der Waals surface area contributed by atoms with E-state index in [1.165, 1.54) is 0 Å². The third-order valence-corrected chi connectivity index (χ3v) is 3.34. The SMILES string of the molecule is O=C1CC[C@@H](C(=O)NCC2CCNCC2)N1. The van der Waals surface area contributed by atoms with Gasteiger partial charge in [0.1, 0.15) is 6.04 Å². The monoisotopic (exact) mass is 225 g/mol. The summed E-state index contributed by atoms with van der Waals surface area (Å²) in [7, 11) is 0. The Balaban J connectivity index is 1.68. The number of carbonyl (C=O) groups is 2. The minimum absolute atomic E-state index is 0.0120. The van der Waals surface area contributed by atoms with Gasteiger partial charge in [0.05, 0.1) is 0 Å². The lowest BCUT2D eigenvalue weighted by atomic mass is 9.98. The van der Waals surface area contributed by atoms with Crippen LogP contribution >= 0.6 is 0 Å². The highest BCUT2D eigenvalue weighted by Gasteiger charge is 2.27. The first-order valence-electron chi connectivity index (χ1n) is 6.03. The van der Waals surface area contributed by atoms with Gasteiger partial charge in [0.25, 0.3) is 0 Å². The Morgan fingerprint density at radius 1 is 1.31 bits per heavy atom. The molecule has 2 aliphatic rings. The largest absolute Gasteiger partial charge is 0.354 e. The van der Waals surface area contributed by atoms with Crippen LogP contribution < -0.4 is 16.0 Å². The molecule has 0 spiro atoms. The molecule has 0 saturated carbocycles. The highest BCUT2D eigenvalue weighted by molar-refractivity contribution is 5.90. The molecule has 2 aliphatic heterocycles. The zero-order chi connectivity index (χ0) is 11.4. The summed E-state index contributed by atoms with van der Waals surface area (Å²) >= 11 is 0. The highest BCUT2D eigenvalue weighted by Crippen LogP contribution is 2.11. The minimum atomic E-state index is -0.297. The van der Waals surface area contributed by atoms with E-state index in [4.69, 9.17) is 0 Å². The van der Waals surface area contributed by atoms with E-state index in [-0.39, 0.29) is 17.9 Å². The average molecular weight is 225 g/mol. The molecule has 5 nitrogen and oxygen atoms in total. The van der Waals surface area contributed by atoms with E-state index in [1.54, 1.807) is 0 Å². The lowest BCUT2D eigenvalue weighted by Gasteiger charge is -2.23. The average Bonchev–Trinajstić information content (AvgIpc) is 2.74. The van der Waals surface area contributed by atoms with Crippen LogP contribution in [-0.2, 0) is 9.59 Å². The Morgan fingerprint density at radius 3 is 2.69 bits per heavy atom. The van der Waals surface area contributed by atoms with E-state index in [2.05, 4.69) is 16.0 Å². The van der Waals surface area contributed by atoms with Gasteiger partial charge < -0.3 is 16.0 Å². The third-order valence-electron chi connectivity index (χ3n) is 3.34. The van der Waals surface area contributed by atoms with Crippen LogP contribution in [0.2, 0.25) is 0 Å². The van der Waals surface area contributed by atoms with Gasteiger partial charge in [-0.1, -0.05) is 0 Å². The van der Waals surface area contributed by atoms with Gasteiger partial charge in [-0.05, 0) is 38.3 Å². The molecule has 0 unspecified atom stereocenters. The number of piperidine rings is 1. The Bertz CT molecular complexity index is 274. The molecule has 0 aromatic rings. The Hall–Kier alpha value is -1.10. The molecule has 2 fully saturated rings. The minimum Gasteiger partial charge on any atom is -0.354 e. The molecule has 5 heteroatoms. The molecular weight excluding hydrogens is 206 g/mol. The smallest absolute Gasteiger partial charge is 0.242 e. The lowest BCUT2D eigenvalue weighted by Crippen LogP contribution is -2.44. The van der Waals surface area contributed by atoms with Gasteiger partial charge in [0, 0.05) is 13.0 Å². The van der Waals surface area contributed by atoms with Crippen LogP contribution in [0.4, 0.5) is 0 Å². The normalized spacial score (nSPS) is 26.5. The van der Waals surface area contributed by atoms with Gasteiger partial charge >= 0.3 is 0 Å². The Kier molecular flexibility index (Phi) is 3.77. The van der Waals surface area contributed by atoms with Gasteiger partial charge in [-0.15, -0.1) is 0 Å². The zero-order valence-electron chi connectivity index (χ0n) is 9.42. The van der Waals surface area contributed by atoms with Gasteiger partial charge in [-0.25, -0.2) is 0 Å². The van der Waals surface area contributed by atoms with Crippen molar-refractivity contribution >= 4 is 11.8 Å². The van der Waals surface area contributed by atoms with E-state index in [0.717, 1.165) is 32.5 Å². The maximum absolute atomic E-state index is 11.7. The van der Waals surface area contributed by atoms with Crippen LogP contribution in [0.1, 0.15) is 25.7 Å². The summed E-state index contributed by atoms with van der Waals surface area (Å²) in [6, 6.07) is -0.297. The van der Waals surface area contributed by atoms with Gasteiger partial charge in [-0.2, -0.15) is 0 Å². The topological polar surface area (TPSA) is 70.2 Å². The fourth-order valence-electron chi connectivity index (χ4n) is 2.26. The highest BCUT2D eigenvalue weighted by atomic mass is 16.2. The van der Waals surface area contributed by atoms with Gasteiger partial charge in [0.2, 0.25) is 11.8 Å². The molecule has 3 N–H and O–H groups in total. The molecule has 90 valence electrons. The van der Waals surface area contributed by atoms with Crippen molar-refractivity contribution in [3.63, 3.8) is 0 Å². The fraction of sp³-hybridized carbons (Fsp3) is 0.818. The molecular formula is C11H19N3O2. The van der Waals surface area contributed by atoms with Crippen molar-refractivity contribution < 1.29 is 9.59 Å². The summed E-state index contributed by atoms with van der Waals surface area (Å²) in [5.74, 6) is 0.550. The van der Waals surface area contributed by atoms with Crippen molar-refractivity contribution in [3.8, 4) is 0 Å². The predicted molar refractivity (Wildman–Crippen MR) is 59.8 cm³/mol. The molecule has 16 heavy (non-hydrogen) atoms. The Labute approximate surface area is 95.3 Å². The summed E-state index contributed by atoms with van der Waals surface area (Å²) < 4.78 is 0. The number of carbonyl (C=O) groups excluding carboxylic acids is 2. The summed E-state index contributed by atoms with van der Waals surface area (Å²) in [6.07, 6.45) is 3.36. The second-order valence-corrected chi connectivity index (χ2v) is 4.60. The molecule has 0 aliphatic carbocycles. The van der Waals surface area contributed by atoms with Crippen LogP contribution in [0.3, 0.4) is 0 Å². The number of hydrogen-bond acceptors (Lipinski definition) is 3. The van der Waals surface area contributed by atoms with Crippen LogP contribution in [0.5, 0.6) is 0 Å². The number of hydrogen-bond donors (Lipinski definition) is 3. The van der Waals surface area contributed by atoms with Crippen molar-refractivity contribution in [2.75, 3.05) is 19.6 Å². The van der Waals surface area contributed by atoms with Crippen molar-refractivity contribution in [2.24, 2.45) is 5.92 Å². The number of rotatable bonds is 3. The molecule has 1 atom stereocenters. The van der Waals surface area contributed by atoms with Crippen molar-refractivity contribution in [1.82, 2.24) is 16.0 Å². The molecule has 2 rings (SSSR count). The lowest BCUT2D eigenvalue weighted by molar-refractivity contribution is -0.125. The molecule has 2 heterocycles. The van der Waals surface area contributed by atoms with Gasteiger partial charge in [-0.3, -0.25) is 9.59 Å². The molecule has 0 radical (unpaired) electrons.